The Balaban J connectivity index is 2.00. The van der Waals surface area contributed by atoms with Gasteiger partial charge in [-0.3, -0.25) is 4.79 Å². The summed E-state index contributed by atoms with van der Waals surface area (Å²) in [5.41, 5.74) is 2.05. The van der Waals surface area contributed by atoms with Gasteiger partial charge in [0.1, 0.15) is 5.15 Å². The summed E-state index contributed by atoms with van der Waals surface area (Å²) in [6.07, 6.45) is 2.93. The van der Waals surface area contributed by atoms with Crippen LogP contribution in [0.5, 0.6) is 0 Å². The number of nitrogens with zero attached hydrogens (tertiary/aromatic N) is 4. The average Bonchev–Trinajstić information content (AvgIpc) is 2.96. The number of halogens is 1. The summed E-state index contributed by atoms with van der Waals surface area (Å²) in [6, 6.07) is 11.3. The van der Waals surface area contributed by atoms with Crippen molar-refractivity contribution in [1.29, 1.82) is 5.26 Å². The summed E-state index contributed by atoms with van der Waals surface area (Å²) < 4.78 is 6.51. The molecule has 0 aliphatic carbocycles. The molecule has 0 N–H and O–H groups in total. The van der Waals surface area contributed by atoms with E-state index in [-0.39, 0.29) is 25.5 Å². The lowest BCUT2D eigenvalue weighted by atomic mass is 10.2. The average molecular weight is 387 g/mol. The van der Waals surface area contributed by atoms with Crippen molar-refractivity contribution in [3.8, 4) is 11.8 Å². The zero-order chi connectivity index (χ0) is 19.8. The van der Waals surface area contributed by atoms with Crippen molar-refractivity contribution < 1.29 is 14.3 Å². The van der Waals surface area contributed by atoms with Crippen LogP contribution in [0.2, 0.25) is 5.15 Å². The summed E-state index contributed by atoms with van der Waals surface area (Å²) >= 11 is 6.38. The van der Waals surface area contributed by atoms with E-state index in [0.717, 1.165) is 5.69 Å². The minimum Gasteiger partial charge on any atom is -0.452 e. The van der Waals surface area contributed by atoms with Crippen molar-refractivity contribution in [3.05, 3.63) is 52.8 Å². The largest absolute Gasteiger partial charge is 0.452 e. The van der Waals surface area contributed by atoms with Gasteiger partial charge in [-0.05, 0) is 25.1 Å². The van der Waals surface area contributed by atoms with Gasteiger partial charge in [0, 0.05) is 25.2 Å². The van der Waals surface area contributed by atoms with Gasteiger partial charge in [0.25, 0.3) is 5.91 Å². The minimum atomic E-state index is -0.667. The van der Waals surface area contributed by atoms with Crippen molar-refractivity contribution in [3.63, 3.8) is 0 Å². The number of rotatable bonds is 7. The number of aromatic nitrogens is 2. The standard InChI is InChI=1S/C19H19ClN4O3/c1-14-16(19(20)24(22-14)15-7-4-3-5-8-15)9-10-18(26)27-13-17(25)23(2)12-6-11-21/h3-5,7-10H,6,12-13H2,1-2H3/b10-9+. The second-order valence-electron chi connectivity index (χ2n) is 5.70. The van der Waals surface area contributed by atoms with Gasteiger partial charge in [-0.15, -0.1) is 0 Å². The molecule has 0 atom stereocenters. The molecule has 0 aliphatic rings. The first kappa shape index (κ1) is 20.2. The Morgan fingerprint density at radius 2 is 2.07 bits per heavy atom. The number of benzene rings is 1. The molecule has 7 nitrogen and oxygen atoms in total. The molecule has 1 heterocycles. The summed E-state index contributed by atoms with van der Waals surface area (Å²) in [4.78, 5) is 25.0. The Morgan fingerprint density at radius 3 is 2.74 bits per heavy atom. The lowest BCUT2D eigenvalue weighted by Crippen LogP contribution is -2.31. The fourth-order valence-electron chi connectivity index (χ4n) is 2.23. The van der Waals surface area contributed by atoms with E-state index in [1.807, 2.05) is 36.4 Å². The normalized spacial score (nSPS) is 10.6. The third-order valence-corrected chi connectivity index (χ3v) is 4.12. The Morgan fingerprint density at radius 1 is 1.37 bits per heavy atom. The van der Waals surface area contributed by atoms with Gasteiger partial charge >= 0.3 is 5.97 Å². The number of ether oxygens (including phenoxy) is 1. The zero-order valence-electron chi connectivity index (χ0n) is 15.1. The van der Waals surface area contributed by atoms with Crippen LogP contribution < -0.4 is 0 Å². The van der Waals surface area contributed by atoms with Gasteiger partial charge in [-0.25, -0.2) is 9.48 Å². The fraction of sp³-hybridized carbons (Fsp3) is 0.263. The molecule has 2 aromatic rings. The van der Waals surface area contributed by atoms with Crippen LogP contribution >= 0.6 is 11.6 Å². The van der Waals surface area contributed by atoms with Gasteiger partial charge in [0.15, 0.2) is 6.61 Å². The quantitative estimate of drug-likeness (QED) is 0.539. The number of carbonyl (C=O) groups excluding carboxylic acids is 2. The van der Waals surface area contributed by atoms with Crippen molar-refractivity contribution in [2.75, 3.05) is 20.2 Å². The van der Waals surface area contributed by atoms with Crippen LogP contribution in [-0.2, 0) is 14.3 Å². The van der Waals surface area contributed by atoms with Crippen molar-refractivity contribution >= 4 is 29.6 Å². The van der Waals surface area contributed by atoms with E-state index in [0.29, 0.717) is 16.4 Å². The number of nitriles is 1. The molecule has 140 valence electrons. The molecule has 27 heavy (non-hydrogen) atoms. The number of esters is 1. The van der Waals surface area contributed by atoms with E-state index < -0.39 is 5.97 Å². The number of aryl methyl sites for hydroxylation is 1. The molecule has 0 radical (unpaired) electrons. The predicted octanol–water partition coefficient (Wildman–Crippen LogP) is 2.76. The highest BCUT2D eigenvalue weighted by Gasteiger charge is 2.14. The second kappa shape index (κ2) is 9.55. The van der Waals surface area contributed by atoms with Crippen LogP contribution in [-0.4, -0.2) is 46.8 Å². The van der Waals surface area contributed by atoms with E-state index in [1.165, 1.54) is 17.1 Å². The maximum absolute atomic E-state index is 11.9. The highest BCUT2D eigenvalue weighted by Crippen LogP contribution is 2.24. The number of carbonyl (C=O) groups is 2. The van der Waals surface area contributed by atoms with Gasteiger partial charge in [-0.2, -0.15) is 10.4 Å². The first-order valence-electron chi connectivity index (χ1n) is 8.20. The number of hydrogen-bond donors (Lipinski definition) is 0. The summed E-state index contributed by atoms with van der Waals surface area (Å²) in [5, 5.41) is 13.3. The van der Waals surface area contributed by atoms with E-state index in [1.54, 1.807) is 18.7 Å². The number of hydrogen-bond acceptors (Lipinski definition) is 5. The zero-order valence-corrected chi connectivity index (χ0v) is 15.8. The molecular formula is C19H19ClN4O3. The lowest BCUT2D eigenvalue weighted by Gasteiger charge is -2.14. The number of likely N-dealkylation sites (N-methyl/N-ethyl adjacent to an activating group) is 1. The number of amides is 1. The van der Waals surface area contributed by atoms with Crippen LogP contribution in [0.15, 0.2) is 36.4 Å². The minimum absolute atomic E-state index is 0.221. The molecule has 0 saturated carbocycles. The SMILES string of the molecule is Cc1nn(-c2ccccc2)c(Cl)c1/C=C/C(=O)OCC(=O)N(C)CCC#N. The summed E-state index contributed by atoms with van der Waals surface area (Å²) in [7, 11) is 1.55. The van der Waals surface area contributed by atoms with E-state index >= 15 is 0 Å². The molecule has 0 spiro atoms. The Bertz CT molecular complexity index is 884. The molecule has 0 aliphatic heterocycles. The Labute approximate surface area is 162 Å². The highest BCUT2D eigenvalue weighted by molar-refractivity contribution is 6.31. The first-order chi connectivity index (χ1) is 12.9. The van der Waals surface area contributed by atoms with Crippen molar-refractivity contribution in [2.45, 2.75) is 13.3 Å². The smallest absolute Gasteiger partial charge is 0.331 e. The molecule has 0 bridgehead atoms. The third kappa shape index (κ3) is 5.43. The van der Waals surface area contributed by atoms with Crippen LogP contribution in [0.25, 0.3) is 11.8 Å². The summed E-state index contributed by atoms with van der Waals surface area (Å²) in [5.74, 6) is -1.04. The highest BCUT2D eigenvalue weighted by atomic mass is 35.5. The van der Waals surface area contributed by atoms with Crippen LogP contribution in [0, 0.1) is 18.3 Å². The van der Waals surface area contributed by atoms with E-state index in [4.69, 9.17) is 21.6 Å². The molecule has 0 fully saturated rings. The molecule has 1 aromatic carbocycles. The molecule has 1 amide bonds. The number of para-hydroxylation sites is 1. The van der Waals surface area contributed by atoms with Gasteiger partial charge in [0.2, 0.25) is 0 Å². The van der Waals surface area contributed by atoms with Crippen molar-refractivity contribution in [1.82, 2.24) is 14.7 Å². The predicted molar refractivity (Wildman–Crippen MR) is 101 cm³/mol. The topological polar surface area (TPSA) is 88.2 Å². The van der Waals surface area contributed by atoms with Gasteiger partial charge in [0.05, 0.1) is 23.9 Å². The van der Waals surface area contributed by atoms with Crippen LogP contribution in [0.1, 0.15) is 17.7 Å². The maximum atomic E-state index is 11.9. The van der Waals surface area contributed by atoms with E-state index in [2.05, 4.69) is 5.10 Å². The second-order valence-corrected chi connectivity index (χ2v) is 6.06. The van der Waals surface area contributed by atoms with Gasteiger partial charge in [-0.1, -0.05) is 29.8 Å². The van der Waals surface area contributed by atoms with Crippen LogP contribution in [0.3, 0.4) is 0 Å². The monoisotopic (exact) mass is 386 g/mol. The Hall–Kier alpha value is -3.11. The first-order valence-corrected chi connectivity index (χ1v) is 8.58. The molecule has 0 unspecified atom stereocenters. The molecule has 2 rings (SSSR count). The van der Waals surface area contributed by atoms with Crippen molar-refractivity contribution in [2.24, 2.45) is 0 Å². The van der Waals surface area contributed by atoms with E-state index in [9.17, 15) is 9.59 Å². The fourth-order valence-corrected chi connectivity index (χ4v) is 2.56. The van der Waals surface area contributed by atoms with Gasteiger partial charge < -0.3 is 9.64 Å². The Kier molecular flexibility index (Phi) is 7.15. The molecule has 8 heteroatoms. The third-order valence-electron chi connectivity index (χ3n) is 3.76. The molecular weight excluding hydrogens is 368 g/mol. The molecule has 1 aromatic heterocycles. The maximum Gasteiger partial charge on any atom is 0.331 e. The summed E-state index contributed by atoms with van der Waals surface area (Å²) in [6.45, 7) is 1.68. The van der Waals surface area contributed by atoms with Crippen LogP contribution in [0.4, 0.5) is 0 Å². The molecule has 0 saturated heterocycles. The lowest BCUT2D eigenvalue weighted by molar-refractivity contribution is -0.147.